The summed E-state index contributed by atoms with van der Waals surface area (Å²) < 4.78 is 10.6. The summed E-state index contributed by atoms with van der Waals surface area (Å²) in [5.41, 5.74) is 1.34. The fourth-order valence-corrected chi connectivity index (χ4v) is 2.40. The molecular formula is C16H10BN3O3. The van der Waals surface area contributed by atoms with Crippen molar-refractivity contribution in [1.29, 1.82) is 0 Å². The van der Waals surface area contributed by atoms with E-state index in [1.54, 1.807) is 24.4 Å². The molecule has 2 radical (unpaired) electrons. The molecule has 0 saturated carbocycles. The number of pyridine rings is 2. The third-order valence-electron chi connectivity index (χ3n) is 3.50. The molecule has 110 valence electrons. The van der Waals surface area contributed by atoms with Crippen LogP contribution in [0, 0.1) is 0 Å². The molecule has 6 nitrogen and oxygen atoms in total. The highest BCUT2D eigenvalue weighted by Gasteiger charge is 2.23. The van der Waals surface area contributed by atoms with Crippen LogP contribution in [-0.4, -0.2) is 30.5 Å². The van der Waals surface area contributed by atoms with Crippen molar-refractivity contribution in [2.75, 3.05) is 12.1 Å². The maximum atomic E-state index is 12.5. The predicted octanol–water partition coefficient (Wildman–Crippen LogP) is 1.40. The van der Waals surface area contributed by atoms with Crippen LogP contribution in [0.2, 0.25) is 0 Å². The first-order chi connectivity index (χ1) is 11.2. The number of nitrogens with zero attached hydrogens (tertiary/aromatic N) is 2. The number of hydrogen-bond donors (Lipinski definition) is 1. The summed E-state index contributed by atoms with van der Waals surface area (Å²) in [5.74, 6) is 0.799. The molecule has 0 saturated heterocycles. The van der Waals surface area contributed by atoms with Gasteiger partial charge in [0.25, 0.3) is 5.91 Å². The molecule has 1 aromatic carbocycles. The lowest BCUT2D eigenvalue weighted by Gasteiger charge is -2.09. The Hall–Kier alpha value is -3.09. The summed E-state index contributed by atoms with van der Waals surface area (Å²) in [6, 6.07) is 10.5. The van der Waals surface area contributed by atoms with Gasteiger partial charge in [-0.2, -0.15) is 0 Å². The van der Waals surface area contributed by atoms with E-state index in [4.69, 9.17) is 17.3 Å². The minimum absolute atomic E-state index is 0.0436. The Bertz CT molecular complexity index is 930. The van der Waals surface area contributed by atoms with E-state index in [0.717, 1.165) is 5.39 Å². The number of rotatable bonds is 2. The van der Waals surface area contributed by atoms with Crippen molar-refractivity contribution in [3.8, 4) is 11.5 Å². The zero-order valence-electron chi connectivity index (χ0n) is 11.9. The molecule has 0 fully saturated rings. The summed E-state index contributed by atoms with van der Waals surface area (Å²) in [6.07, 6.45) is 1.65. The quantitative estimate of drug-likeness (QED) is 0.725. The standard InChI is InChI=1S/C16H10BN3O3/c17-11-5-4-10(13-14(11)23-8-22-13)16(21)20-12-6-3-9-2-1-7-18-15(9)19-12/h1-7H,8H2,(H,18,19,20,21). The molecule has 1 amide bonds. The van der Waals surface area contributed by atoms with Gasteiger partial charge in [-0.05, 0) is 30.3 Å². The highest BCUT2D eigenvalue weighted by molar-refractivity contribution is 6.35. The molecule has 1 aliphatic heterocycles. The van der Waals surface area contributed by atoms with Crippen molar-refractivity contribution in [3.05, 3.63) is 48.2 Å². The van der Waals surface area contributed by atoms with Gasteiger partial charge >= 0.3 is 0 Å². The van der Waals surface area contributed by atoms with E-state index in [2.05, 4.69) is 15.3 Å². The van der Waals surface area contributed by atoms with Crippen molar-refractivity contribution in [3.63, 3.8) is 0 Å². The summed E-state index contributed by atoms with van der Waals surface area (Å²) in [6.45, 7) is 0.0436. The first kappa shape index (κ1) is 13.6. The molecule has 0 spiro atoms. The van der Waals surface area contributed by atoms with Crippen LogP contribution in [0.3, 0.4) is 0 Å². The lowest BCUT2D eigenvalue weighted by Crippen LogP contribution is -2.15. The van der Waals surface area contributed by atoms with Gasteiger partial charge < -0.3 is 14.8 Å². The average molecular weight is 303 g/mol. The van der Waals surface area contributed by atoms with E-state index in [9.17, 15) is 4.79 Å². The molecule has 23 heavy (non-hydrogen) atoms. The number of fused-ring (bicyclic) bond motifs is 2. The van der Waals surface area contributed by atoms with Gasteiger partial charge in [-0.25, -0.2) is 9.97 Å². The van der Waals surface area contributed by atoms with Crippen LogP contribution in [0.25, 0.3) is 11.0 Å². The van der Waals surface area contributed by atoms with Crippen LogP contribution >= 0.6 is 0 Å². The third kappa shape index (κ3) is 2.36. The Morgan fingerprint density at radius 3 is 2.91 bits per heavy atom. The zero-order valence-corrected chi connectivity index (χ0v) is 11.9. The van der Waals surface area contributed by atoms with Gasteiger partial charge in [-0.3, -0.25) is 4.79 Å². The second-order valence-corrected chi connectivity index (χ2v) is 4.97. The van der Waals surface area contributed by atoms with E-state index in [-0.39, 0.29) is 12.7 Å². The topological polar surface area (TPSA) is 73.3 Å². The minimum atomic E-state index is -0.352. The zero-order chi connectivity index (χ0) is 15.8. The molecule has 7 heteroatoms. The number of carbonyl (C=O) groups excluding carboxylic acids is 1. The van der Waals surface area contributed by atoms with Gasteiger partial charge in [-0.1, -0.05) is 11.5 Å². The lowest BCUT2D eigenvalue weighted by atomic mass is 9.93. The van der Waals surface area contributed by atoms with Crippen LogP contribution in [0.1, 0.15) is 10.4 Å². The Labute approximate surface area is 132 Å². The highest BCUT2D eigenvalue weighted by Crippen LogP contribution is 2.33. The molecule has 4 rings (SSSR count). The summed E-state index contributed by atoms with van der Waals surface area (Å²) in [5, 5.41) is 3.63. The highest BCUT2D eigenvalue weighted by atomic mass is 16.7. The molecule has 0 aliphatic carbocycles. The van der Waals surface area contributed by atoms with E-state index < -0.39 is 0 Å². The fourth-order valence-electron chi connectivity index (χ4n) is 2.40. The number of hydrogen-bond acceptors (Lipinski definition) is 5. The number of nitrogens with one attached hydrogen (secondary N) is 1. The van der Waals surface area contributed by atoms with Crippen LogP contribution in [0.15, 0.2) is 42.6 Å². The van der Waals surface area contributed by atoms with Crippen molar-refractivity contribution in [2.45, 2.75) is 0 Å². The summed E-state index contributed by atoms with van der Waals surface area (Å²) >= 11 is 0. The first-order valence-corrected chi connectivity index (χ1v) is 6.93. The molecule has 0 unspecified atom stereocenters. The Kier molecular flexibility index (Phi) is 3.11. The largest absolute Gasteiger partial charge is 0.454 e. The van der Waals surface area contributed by atoms with Gasteiger partial charge in [0, 0.05) is 11.6 Å². The Balaban J connectivity index is 1.66. The smallest absolute Gasteiger partial charge is 0.260 e. The molecule has 1 N–H and O–H groups in total. The molecule has 0 atom stereocenters. The first-order valence-electron chi connectivity index (χ1n) is 6.93. The SMILES string of the molecule is [B]c1ccc(C(=O)Nc2ccc3cccnc3n2)c2c1OCO2. The molecular weight excluding hydrogens is 293 g/mol. The number of ether oxygens (including phenoxy) is 2. The maximum absolute atomic E-state index is 12.5. The summed E-state index contributed by atoms with van der Waals surface area (Å²) in [4.78, 5) is 21.0. The van der Waals surface area contributed by atoms with Crippen molar-refractivity contribution >= 4 is 36.1 Å². The van der Waals surface area contributed by atoms with Crippen molar-refractivity contribution in [2.24, 2.45) is 0 Å². The summed E-state index contributed by atoms with van der Waals surface area (Å²) in [7, 11) is 5.80. The Morgan fingerprint density at radius 2 is 2.00 bits per heavy atom. The molecule has 0 bridgehead atoms. The number of amides is 1. The maximum Gasteiger partial charge on any atom is 0.260 e. The normalized spacial score (nSPS) is 12.3. The van der Waals surface area contributed by atoms with Crippen LogP contribution in [0.5, 0.6) is 11.5 Å². The molecule has 3 heterocycles. The van der Waals surface area contributed by atoms with E-state index in [1.165, 1.54) is 0 Å². The van der Waals surface area contributed by atoms with Crippen LogP contribution in [-0.2, 0) is 0 Å². The number of aromatic nitrogens is 2. The molecule has 2 aromatic heterocycles. The van der Waals surface area contributed by atoms with Gasteiger partial charge in [0.1, 0.15) is 13.7 Å². The molecule has 1 aliphatic rings. The van der Waals surface area contributed by atoms with Crippen molar-refractivity contribution < 1.29 is 14.3 Å². The average Bonchev–Trinajstić information content (AvgIpc) is 3.05. The fraction of sp³-hybridized carbons (Fsp3) is 0.0625. The Morgan fingerprint density at radius 1 is 1.13 bits per heavy atom. The molecule has 3 aromatic rings. The van der Waals surface area contributed by atoms with Crippen LogP contribution in [0.4, 0.5) is 5.82 Å². The number of carbonyl (C=O) groups is 1. The van der Waals surface area contributed by atoms with Gasteiger partial charge in [0.2, 0.25) is 6.79 Å². The van der Waals surface area contributed by atoms with Gasteiger partial charge in [0.15, 0.2) is 17.1 Å². The lowest BCUT2D eigenvalue weighted by molar-refractivity contribution is 0.102. The second kappa shape index (κ2) is 5.28. The van der Waals surface area contributed by atoms with E-state index in [0.29, 0.717) is 34.0 Å². The van der Waals surface area contributed by atoms with E-state index >= 15 is 0 Å². The van der Waals surface area contributed by atoms with Crippen molar-refractivity contribution in [1.82, 2.24) is 9.97 Å². The second-order valence-electron chi connectivity index (χ2n) is 4.97. The van der Waals surface area contributed by atoms with Crippen LogP contribution < -0.4 is 20.3 Å². The minimum Gasteiger partial charge on any atom is -0.454 e. The van der Waals surface area contributed by atoms with E-state index in [1.807, 2.05) is 18.2 Å². The number of anilines is 1. The van der Waals surface area contributed by atoms with Gasteiger partial charge in [0.05, 0.1) is 5.56 Å². The predicted molar refractivity (Wildman–Crippen MR) is 85.4 cm³/mol. The van der Waals surface area contributed by atoms with Gasteiger partial charge in [-0.15, -0.1) is 0 Å². The monoisotopic (exact) mass is 303 g/mol. The number of benzene rings is 1. The third-order valence-corrected chi connectivity index (χ3v) is 3.50.